The summed E-state index contributed by atoms with van der Waals surface area (Å²) in [5.74, 6) is -0.664. The Kier molecular flexibility index (Phi) is 6.68. The molecule has 3 rings (SSSR count). The second-order valence-electron chi connectivity index (χ2n) is 7.15. The molecule has 0 saturated carbocycles. The van der Waals surface area contributed by atoms with Gasteiger partial charge in [0.2, 0.25) is 5.91 Å². The second-order valence-corrected chi connectivity index (χ2v) is 7.55. The quantitative estimate of drug-likeness (QED) is 0.593. The van der Waals surface area contributed by atoms with E-state index in [2.05, 4.69) is 0 Å². The average Bonchev–Trinajstić information content (AvgIpc) is 2.73. The van der Waals surface area contributed by atoms with Crippen molar-refractivity contribution in [3.8, 4) is 0 Å². The molecule has 1 amide bonds. The lowest BCUT2D eigenvalue weighted by Gasteiger charge is -2.27. The number of hydrogen-bond acceptors (Lipinski definition) is 2. The summed E-state index contributed by atoms with van der Waals surface area (Å²) in [5.41, 5.74) is 10.8. The molecular formula is C24H24ClFN2O. The van der Waals surface area contributed by atoms with E-state index in [9.17, 15) is 9.18 Å². The van der Waals surface area contributed by atoms with Crippen molar-refractivity contribution in [3.05, 3.63) is 99.8 Å². The summed E-state index contributed by atoms with van der Waals surface area (Å²) in [7, 11) is 0. The molecule has 0 aliphatic rings. The predicted octanol–water partition coefficient (Wildman–Crippen LogP) is 5.37. The van der Waals surface area contributed by atoms with Crippen molar-refractivity contribution in [2.75, 3.05) is 11.4 Å². The van der Waals surface area contributed by atoms with Crippen molar-refractivity contribution in [2.24, 2.45) is 5.73 Å². The van der Waals surface area contributed by atoms with Crippen LogP contribution in [0.4, 0.5) is 10.1 Å². The zero-order chi connectivity index (χ0) is 21.0. The monoisotopic (exact) mass is 410 g/mol. The van der Waals surface area contributed by atoms with Crippen LogP contribution in [0.3, 0.4) is 0 Å². The normalized spacial score (nSPS) is 11.9. The highest BCUT2D eigenvalue weighted by atomic mass is 35.5. The van der Waals surface area contributed by atoms with Gasteiger partial charge in [-0.3, -0.25) is 4.79 Å². The van der Waals surface area contributed by atoms with Crippen molar-refractivity contribution < 1.29 is 9.18 Å². The number of carbonyl (C=O) groups excluding carboxylic acids is 1. The van der Waals surface area contributed by atoms with Crippen molar-refractivity contribution in [2.45, 2.75) is 26.3 Å². The molecule has 0 saturated heterocycles. The zero-order valence-electron chi connectivity index (χ0n) is 16.5. The average molecular weight is 411 g/mol. The minimum atomic E-state index is -0.778. The van der Waals surface area contributed by atoms with Gasteiger partial charge in [0.1, 0.15) is 11.9 Å². The third-order valence-corrected chi connectivity index (χ3v) is 5.41. The Bertz CT molecular complexity index is 1010. The molecule has 0 fully saturated rings. The zero-order valence-corrected chi connectivity index (χ0v) is 17.3. The van der Waals surface area contributed by atoms with Gasteiger partial charge in [-0.2, -0.15) is 0 Å². The molecule has 0 aliphatic heterocycles. The van der Waals surface area contributed by atoms with E-state index in [4.69, 9.17) is 17.3 Å². The number of benzene rings is 3. The molecule has 0 aromatic heterocycles. The largest absolute Gasteiger partial charge is 0.316 e. The van der Waals surface area contributed by atoms with Crippen LogP contribution < -0.4 is 10.6 Å². The Morgan fingerprint density at radius 1 is 1.03 bits per heavy atom. The van der Waals surface area contributed by atoms with Crippen LogP contribution in [0, 0.1) is 19.7 Å². The fourth-order valence-corrected chi connectivity index (χ4v) is 3.28. The molecule has 3 nitrogen and oxygen atoms in total. The molecule has 0 unspecified atom stereocenters. The van der Waals surface area contributed by atoms with Crippen LogP contribution in [-0.2, 0) is 11.2 Å². The Morgan fingerprint density at radius 3 is 2.41 bits per heavy atom. The van der Waals surface area contributed by atoms with Crippen molar-refractivity contribution in [1.82, 2.24) is 0 Å². The number of anilines is 1. The highest BCUT2D eigenvalue weighted by Gasteiger charge is 2.24. The smallest absolute Gasteiger partial charge is 0.248 e. The third kappa shape index (κ3) is 5.03. The molecule has 0 bridgehead atoms. The fourth-order valence-electron chi connectivity index (χ4n) is 3.17. The van der Waals surface area contributed by atoms with Gasteiger partial charge in [-0.1, -0.05) is 54.1 Å². The van der Waals surface area contributed by atoms with Gasteiger partial charge in [-0.25, -0.2) is 4.39 Å². The van der Waals surface area contributed by atoms with Gasteiger partial charge in [0.15, 0.2) is 0 Å². The molecule has 0 aliphatic carbocycles. The minimum Gasteiger partial charge on any atom is -0.316 e. The van der Waals surface area contributed by atoms with Crippen molar-refractivity contribution in [3.63, 3.8) is 0 Å². The minimum absolute atomic E-state index is 0.0851. The van der Waals surface area contributed by atoms with Gasteiger partial charge < -0.3 is 10.6 Å². The van der Waals surface area contributed by atoms with Crippen LogP contribution >= 0.6 is 11.6 Å². The van der Waals surface area contributed by atoms with Gasteiger partial charge in [0.05, 0.1) is 5.02 Å². The summed E-state index contributed by atoms with van der Waals surface area (Å²) in [6.07, 6.45) is 0.480. The van der Waals surface area contributed by atoms with Crippen LogP contribution in [0.1, 0.15) is 28.3 Å². The molecule has 5 heteroatoms. The maximum Gasteiger partial charge on any atom is 0.248 e. The summed E-state index contributed by atoms with van der Waals surface area (Å²) < 4.78 is 13.8. The maximum atomic E-state index is 13.8. The van der Waals surface area contributed by atoms with E-state index >= 15 is 0 Å². The van der Waals surface area contributed by atoms with Gasteiger partial charge in [0, 0.05) is 12.2 Å². The summed E-state index contributed by atoms with van der Waals surface area (Å²) in [6, 6.07) is 19.1. The van der Waals surface area contributed by atoms with Gasteiger partial charge in [-0.15, -0.1) is 0 Å². The molecule has 3 aromatic carbocycles. The van der Waals surface area contributed by atoms with Crippen LogP contribution in [0.15, 0.2) is 66.7 Å². The van der Waals surface area contributed by atoms with Gasteiger partial charge >= 0.3 is 0 Å². The molecule has 2 N–H and O–H groups in total. The van der Waals surface area contributed by atoms with Crippen molar-refractivity contribution in [1.29, 1.82) is 0 Å². The summed E-state index contributed by atoms with van der Waals surface area (Å²) in [5, 5.41) is 0.0851. The Labute approximate surface area is 175 Å². The first-order valence-electron chi connectivity index (χ1n) is 9.50. The third-order valence-electron chi connectivity index (χ3n) is 5.10. The van der Waals surface area contributed by atoms with E-state index in [-0.39, 0.29) is 10.9 Å². The van der Waals surface area contributed by atoms with E-state index < -0.39 is 11.9 Å². The lowest BCUT2D eigenvalue weighted by Crippen LogP contribution is -2.40. The van der Waals surface area contributed by atoms with E-state index in [0.717, 1.165) is 27.9 Å². The number of aryl methyl sites for hydroxylation is 2. The Hall–Kier alpha value is -2.69. The van der Waals surface area contributed by atoms with Crippen LogP contribution in [-0.4, -0.2) is 12.5 Å². The first-order chi connectivity index (χ1) is 13.9. The topological polar surface area (TPSA) is 46.3 Å². The van der Waals surface area contributed by atoms with Gasteiger partial charge in [-0.05, 0) is 66.8 Å². The standard InChI is InChI=1S/C24H24ClFN2O/c1-16-8-10-20(14-17(16)2)28(13-12-18-9-11-21(25)22(26)15-18)24(29)23(27)19-6-4-3-5-7-19/h3-11,14-15,23H,12-13,27H2,1-2H3/t23-/m0/s1. The first-order valence-corrected chi connectivity index (χ1v) is 9.87. The fraction of sp³-hybridized carbons (Fsp3) is 0.208. The molecule has 0 radical (unpaired) electrons. The number of rotatable bonds is 6. The lowest BCUT2D eigenvalue weighted by molar-refractivity contribution is -0.120. The predicted molar refractivity (Wildman–Crippen MR) is 117 cm³/mol. The van der Waals surface area contributed by atoms with Gasteiger partial charge in [0.25, 0.3) is 0 Å². The summed E-state index contributed by atoms with van der Waals surface area (Å²) in [6.45, 7) is 4.41. The number of amides is 1. The number of nitrogens with zero attached hydrogens (tertiary/aromatic N) is 1. The SMILES string of the molecule is Cc1ccc(N(CCc2ccc(Cl)c(F)c2)C(=O)[C@@H](N)c2ccccc2)cc1C. The highest BCUT2D eigenvalue weighted by molar-refractivity contribution is 6.30. The molecule has 0 spiro atoms. The van der Waals surface area contributed by atoms with Crippen molar-refractivity contribution >= 4 is 23.2 Å². The van der Waals surface area contributed by atoms with Crippen LogP contribution in [0.25, 0.3) is 0 Å². The van der Waals surface area contributed by atoms with E-state index in [1.54, 1.807) is 11.0 Å². The maximum absolute atomic E-state index is 13.8. The molecule has 29 heavy (non-hydrogen) atoms. The second kappa shape index (κ2) is 9.21. The number of nitrogens with two attached hydrogens (primary N) is 1. The number of halogens is 2. The molecule has 0 heterocycles. The van der Waals surface area contributed by atoms with Crippen LogP contribution in [0.2, 0.25) is 5.02 Å². The lowest BCUT2D eigenvalue weighted by atomic mass is 10.0. The van der Waals surface area contributed by atoms with Crippen LogP contribution in [0.5, 0.6) is 0 Å². The Morgan fingerprint density at radius 2 is 1.76 bits per heavy atom. The first kappa shape index (κ1) is 21.0. The number of hydrogen-bond donors (Lipinski definition) is 1. The number of carbonyl (C=O) groups is 1. The summed E-state index contributed by atoms with van der Waals surface area (Å²) >= 11 is 5.78. The molecule has 150 valence electrons. The van der Waals surface area contributed by atoms with E-state index in [1.165, 1.54) is 12.1 Å². The van der Waals surface area contributed by atoms with E-state index in [1.807, 2.05) is 62.4 Å². The van der Waals surface area contributed by atoms with E-state index in [0.29, 0.717) is 13.0 Å². The summed E-state index contributed by atoms with van der Waals surface area (Å²) in [4.78, 5) is 15.0. The molecule has 1 atom stereocenters. The highest BCUT2D eigenvalue weighted by Crippen LogP contribution is 2.24. The molecular weight excluding hydrogens is 387 g/mol. The Balaban J connectivity index is 1.89. The molecule has 3 aromatic rings.